The van der Waals surface area contributed by atoms with Crippen LogP contribution in [0.1, 0.15) is 23.2 Å². The molecule has 2 amide bonds. The summed E-state index contributed by atoms with van der Waals surface area (Å²) in [6, 6.07) is 4.93. The quantitative estimate of drug-likeness (QED) is 0.654. The van der Waals surface area contributed by atoms with E-state index in [1.54, 1.807) is 23.1 Å². The molecular weight excluding hydrogens is 400 g/mol. The van der Waals surface area contributed by atoms with Crippen LogP contribution in [0, 0.1) is 0 Å². The number of methoxy groups -OCH3 is 3. The standard InChI is InChI=1S/C19H26N2O7S/c1-26-11-10-21-17(22)13-29(24,25)19(21)6-8-20(9-7-19)18(23)15-5-4-14(27-2)12-16(15)28-3/h4-5,12H,6-11,13H2,1-3H3. The zero-order valence-electron chi connectivity index (χ0n) is 16.8. The number of rotatable bonds is 6. The van der Waals surface area contributed by atoms with Crippen LogP contribution in [-0.4, -0.2) is 88.2 Å². The number of likely N-dealkylation sites (tertiary alicyclic amines) is 1. The summed E-state index contributed by atoms with van der Waals surface area (Å²) < 4.78 is 41.1. The van der Waals surface area contributed by atoms with Crippen molar-refractivity contribution in [3.8, 4) is 11.5 Å². The molecule has 0 N–H and O–H groups in total. The molecule has 2 fully saturated rings. The lowest BCUT2D eigenvalue weighted by molar-refractivity contribution is -0.131. The van der Waals surface area contributed by atoms with Crippen molar-refractivity contribution in [2.75, 3.05) is 53.3 Å². The molecule has 1 aromatic rings. The molecule has 2 heterocycles. The van der Waals surface area contributed by atoms with Crippen molar-refractivity contribution < 1.29 is 32.2 Å². The fourth-order valence-corrected chi connectivity index (χ4v) is 6.15. The second-order valence-corrected chi connectivity index (χ2v) is 9.38. The number of carbonyl (C=O) groups excluding carboxylic acids is 2. The predicted octanol–water partition coefficient (Wildman–Crippen LogP) is 0.540. The first-order valence-corrected chi connectivity index (χ1v) is 11.0. The number of sulfone groups is 1. The van der Waals surface area contributed by atoms with Gasteiger partial charge < -0.3 is 24.0 Å². The minimum atomic E-state index is -3.63. The number of amides is 2. The number of ether oxygens (including phenoxy) is 3. The van der Waals surface area contributed by atoms with Gasteiger partial charge >= 0.3 is 0 Å². The van der Waals surface area contributed by atoms with Crippen molar-refractivity contribution in [3.05, 3.63) is 23.8 Å². The van der Waals surface area contributed by atoms with Crippen LogP contribution in [0.5, 0.6) is 11.5 Å². The zero-order chi connectivity index (χ0) is 21.2. The first-order chi connectivity index (χ1) is 13.8. The van der Waals surface area contributed by atoms with Crippen LogP contribution in [0.2, 0.25) is 0 Å². The van der Waals surface area contributed by atoms with Crippen molar-refractivity contribution in [1.82, 2.24) is 9.80 Å². The molecule has 2 aliphatic rings. The van der Waals surface area contributed by atoms with Crippen LogP contribution < -0.4 is 9.47 Å². The summed E-state index contributed by atoms with van der Waals surface area (Å²) in [6.07, 6.45) is 0.351. The average Bonchev–Trinajstić information content (AvgIpc) is 2.90. The Morgan fingerprint density at radius 1 is 1.14 bits per heavy atom. The number of benzene rings is 1. The molecule has 0 bridgehead atoms. The molecule has 0 atom stereocenters. The maximum absolute atomic E-state index is 13.0. The molecule has 0 radical (unpaired) electrons. The number of hydrogen-bond donors (Lipinski definition) is 0. The molecule has 160 valence electrons. The fraction of sp³-hybridized carbons (Fsp3) is 0.579. The number of piperidine rings is 1. The van der Waals surface area contributed by atoms with Gasteiger partial charge in [0.1, 0.15) is 22.1 Å². The molecule has 0 saturated carbocycles. The topological polar surface area (TPSA) is 102 Å². The molecule has 29 heavy (non-hydrogen) atoms. The Morgan fingerprint density at radius 3 is 2.41 bits per heavy atom. The Bertz CT molecular complexity index is 892. The van der Waals surface area contributed by atoms with Gasteiger partial charge in [0, 0.05) is 45.7 Å². The Kier molecular flexibility index (Phi) is 6.04. The zero-order valence-corrected chi connectivity index (χ0v) is 17.7. The summed E-state index contributed by atoms with van der Waals surface area (Å²) >= 11 is 0. The van der Waals surface area contributed by atoms with E-state index in [2.05, 4.69) is 0 Å². The monoisotopic (exact) mass is 426 g/mol. The van der Waals surface area contributed by atoms with Crippen molar-refractivity contribution in [2.45, 2.75) is 17.7 Å². The summed E-state index contributed by atoms with van der Waals surface area (Å²) in [7, 11) is 0.873. The lowest BCUT2D eigenvalue weighted by Crippen LogP contribution is -2.57. The molecule has 3 rings (SSSR count). The van der Waals surface area contributed by atoms with Crippen LogP contribution in [0.4, 0.5) is 0 Å². The SMILES string of the molecule is COCCN1C(=O)CS(=O)(=O)C12CCN(C(=O)c1ccc(OC)cc1OC)CC2. The van der Waals surface area contributed by atoms with E-state index in [0.717, 1.165) is 0 Å². The predicted molar refractivity (Wildman–Crippen MR) is 105 cm³/mol. The number of nitrogens with zero attached hydrogens (tertiary/aromatic N) is 2. The van der Waals surface area contributed by atoms with Crippen molar-refractivity contribution >= 4 is 21.7 Å². The van der Waals surface area contributed by atoms with Crippen LogP contribution in [0.3, 0.4) is 0 Å². The number of hydrogen-bond acceptors (Lipinski definition) is 7. The minimum absolute atomic E-state index is 0.176. The van der Waals surface area contributed by atoms with Gasteiger partial charge in [-0.1, -0.05) is 0 Å². The number of carbonyl (C=O) groups is 2. The first kappa shape index (κ1) is 21.4. The fourth-order valence-electron chi connectivity index (χ4n) is 4.07. The van der Waals surface area contributed by atoms with Crippen molar-refractivity contribution in [3.63, 3.8) is 0 Å². The van der Waals surface area contributed by atoms with E-state index in [1.165, 1.54) is 26.2 Å². The van der Waals surface area contributed by atoms with E-state index < -0.39 is 26.4 Å². The lowest BCUT2D eigenvalue weighted by atomic mass is 10.0. The summed E-state index contributed by atoms with van der Waals surface area (Å²) in [5, 5.41) is 0. The third-order valence-electron chi connectivity index (χ3n) is 5.68. The molecule has 1 spiro atoms. The van der Waals surface area contributed by atoms with Gasteiger partial charge in [-0.05, 0) is 12.1 Å². The van der Waals surface area contributed by atoms with Gasteiger partial charge in [0.05, 0.1) is 26.4 Å². The van der Waals surface area contributed by atoms with Gasteiger partial charge in [-0.25, -0.2) is 8.42 Å². The second kappa shape index (κ2) is 8.19. The van der Waals surface area contributed by atoms with Gasteiger partial charge in [0.15, 0.2) is 9.84 Å². The summed E-state index contributed by atoms with van der Waals surface area (Å²) in [4.78, 5) is 27.1. The maximum Gasteiger partial charge on any atom is 0.257 e. The normalized spacial score (nSPS) is 20.2. The van der Waals surface area contributed by atoms with E-state index in [0.29, 0.717) is 17.1 Å². The second-order valence-electron chi connectivity index (χ2n) is 7.10. The maximum atomic E-state index is 13.0. The van der Waals surface area contributed by atoms with Gasteiger partial charge in [-0.15, -0.1) is 0 Å². The molecular formula is C19H26N2O7S. The summed E-state index contributed by atoms with van der Waals surface area (Å²) in [5.74, 6) is -0.180. The molecule has 9 nitrogen and oxygen atoms in total. The molecule has 1 aromatic carbocycles. The van der Waals surface area contributed by atoms with Crippen LogP contribution in [0.25, 0.3) is 0 Å². The average molecular weight is 426 g/mol. The van der Waals surface area contributed by atoms with Gasteiger partial charge in [0.25, 0.3) is 5.91 Å². The van der Waals surface area contributed by atoms with E-state index in [4.69, 9.17) is 14.2 Å². The Balaban J connectivity index is 1.80. The highest BCUT2D eigenvalue weighted by Gasteiger charge is 2.58. The molecule has 0 aromatic heterocycles. The van der Waals surface area contributed by atoms with Gasteiger partial charge in [-0.3, -0.25) is 9.59 Å². The highest BCUT2D eigenvalue weighted by molar-refractivity contribution is 7.93. The first-order valence-electron chi connectivity index (χ1n) is 9.32. The summed E-state index contributed by atoms with van der Waals surface area (Å²) in [6.45, 7) is 0.928. The molecule has 2 aliphatic heterocycles. The van der Waals surface area contributed by atoms with E-state index in [-0.39, 0.29) is 45.0 Å². The molecule has 0 unspecified atom stereocenters. The van der Waals surface area contributed by atoms with E-state index in [1.807, 2.05) is 0 Å². The van der Waals surface area contributed by atoms with Crippen molar-refractivity contribution in [2.24, 2.45) is 0 Å². The van der Waals surface area contributed by atoms with Crippen LogP contribution in [-0.2, 0) is 19.4 Å². The third-order valence-corrected chi connectivity index (χ3v) is 8.09. The van der Waals surface area contributed by atoms with E-state index >= 15 is 0 Å². The summed E-state index contributed by atoms with van der Waals surface area (Å²) in [5.41, 5.74) is 0.380. The smallest absolute Gasteiger partial charge is 0.257 e. The molecule has 10 heteroatoms. The Labute approximate surface area is 170 Å². The van der Waals surface area contributed by atoms with Gasteiger partial charge in [0.2, 0.25) is 5.91 Å². The lowest BCUT2D eigenvalue weighted by Gasteiger charge is -2.43. The van der Waals surface area contributed by atoms with Crippen LogP contribution >= 0.6 is 0 Å². The highest BCUT2D eigenvalue weighted by Crippen LogP contribution is 2.40. The van der Waals surface area contributed by atoms with Crippen molar-refractivity contribution in [1.29, 1.82) is 0 Å². The third kappa shape index (κ3) is 3.66. The van der Waals surface area contributed by atoms with Crippen LogP contribution in [0.15, 0.2) is 18.2 Å². The molecule has 0 aliphatic carbocycles. The Hall–Kier alpha value is -2.33. The Morgan fingerprint density at radius 2 is 1.83 bits per heavy atom. The molecule has 2 saturated heterocycles. The highest BCUT2D eigenvalue weighted by atomic mass is 32.2. The van der Waals surface area contributed by atoms with Gasteiger partial charge in [-0.2, -0.15) is 0 Å². The minimum Gasteiger partial charge on any atom is -0.497 e. The largest absolute Gasteiger partial charge is 0.497 e. The van der Waals surface area contributed by atoms with E-state index in [9.17, 15) is 18.0 Å².